The Labute approximate surface area is 160 Å². The highest BCUT2D eigenvalue weighted by Gasteiger charge is 2.16. The minimum absolute atomic E-state index is 0.136. The van der Waals surface area contributed by atoms with Gasteiger partial charge in [0.05, 0.1) is 5.39 Å². The Kier molecular flexibility index (Phi) is 5.14. The Hall–Kier alpha value is -2.93. The SMILES string of the molecule is CC(Cc1ccccc1Cl)NC(=O)c1ccc2c(=O)n(C)c(=O)n(C)c2n1. The maximum atomic E-state index is 12.5. The van der Waals surface area contributed by atoms with Crippen LogP contribution in [0.1, 0.15) is 23.0 Å². The lowest BCUT2D eigenvalue weighted by atomic mass is 10.1. The summed E-state index contributed by atoms with van der Waals surface area (Å²) in [6.45, 7) is 1.87. The molecule has 1 N–H and O–H groups in total. The monoisotopic (exact) mass is 386 g/mol. The number of halogens is 1. The number of hydrogen-bond donors (Lipinski definition) is 1. The van der Waals surface area contributed by atoms with Crippen molar-refractivity contribution < 1.29 is 4.79 Å². The maximum Gasteiger partial charge on any atom is 0.332 e. The first-order chi connectivity index (χ1) is 12.8. The molecule has 27 heavy (non-hydrogen) atoms. The van der Waals surface area contributed by atoms with Gasteiger partial charge in [-0.05, 0) is 37.1 Å². The predicted molar refractivity (Wildman–Crippen MR) is 104 cm³/mol. The molecule has 0 radical (unpaired) electrons. The van der Waals surface area contributed by atoms with E-state index in [1.807, 2.05) is 25.1 Å². The molecule has 0 fully saturated rings. The number of hydrogen-bond acceptors (Lipinski definition) is 4. The van der Waals surface area contributed by atoms with Gasteiger partial charge in [0.2, 0.25) is 0 Å². The molecule has 1 amide bonds. The molecule has 0 spiro atoms. The van der Waals surface area contributed by atoms with Crippen molar-refractivity contribution in [1.82, 2.24) is 19.4 Å². The van der Waals surface area contributed by atoms with Crippen LogP contribution in [0.15, 0.2) is 46.0 Å². The lowest BCUT2D eigenvalue weighted by Gasteiger charge is -2.15. The number of fused-ring (bicyclic) bond motifs is 1. The van der Waals surface area contributed by atoms with Crippen LogP contribution in [-0.4, -0.2) is 26.1 Å². The van der Waals surface area contributed by atoms with Crippen molar-refractivity contribution in [3.05, 3.63) is 73.5 Å². The molecular formula is C19H19ClN4O3. The summed E-state index contributed by atoms with van der Waals surface area (Å²) in [5.74, 6) is -0.385. The summed E-state index contributed by atoms with van der Waals surface area (Å²) in [7, 11) is 2.92. The first kappa shape index (κ1) is 18.8. The number of benzene rings is 1. The molecule has 0 aliphatic heterocycles. The van der Waals surface area contributed by atoms with Crippen LogP contribution in [0.2, 0.25) is 5.02 Å². The van der Waals surface area contributed by atoms with Crippen molar-refractivity contribution in [1.29, 1.82) is 0 Å². The van der Waals surface area contributed by atoms with Gasteiger partial charge in [0, 0.05) is 25.2 Å². The summed E-state index contributed by atoms with van der Waals surface area (Å²) in [6, 6.07) is 10.3. The van der Waals surface area contributed by atoms with Gasteiger partial charge in [0.15, 0.2) is 0 Å². The first-order valence-corrected chi connectivity index (χ1v) is 8.78. The average Bonchev–Trinajstić information content (AvgIpc) is 2.66. The van der Waals surface area contributed by atoms with Crippen LogP contribution in [-0.2, 0) is 20.5 Å². The summed E-state index contributed by atoms with van der Waals surface area (Å²) in [5, 5.41) is 3.79. The Morgan fingerprint density at radius 1 is 1.15 bits per heavy atom. The van der Waals surface area contributed by atoms with E-state index in [-0.39, 0.29) is 28.7 Å². The zero-order chi connectivity index (χ0) is 19.7. The summed E-state index contributed by atoms with van der Waals surface area (Å²) in [5.41, 5.74) is 0.305. The van der Waals surface area contributed by atoms with Crippen LogP contribution in [0.3, 0.4) is 0 Å². The van der Waals surface area contributed by atoms with Crippen molar-refractivity contribution in [2.45, 2.75) is 19.4 Å². The molecule has 140 valence electrons. The van der Waals surface area contributed by atoms with E-state index in [2.05, 4.69) is 10.3 Å². The molecule has 2 aromatic heterocycles. The number of pyridine rings is 1. The highest BCUT2D eigenvalue weighted by molar-refractivity contribution is 6.31. The molecule has 1 aromatic carbocycles. The molecule has 0 aliphatic carbocycles. The van der Waals surface area contributed by atoms with Crippen molar-refractivity contribution in [3.63, 3.8) is 0 Å². The quantitative estimate of drug-likeness (QED) is 0.738. The fraction of sp³-hybridized carbons (Fsp3) is 0.263. The van der Waals surface area contributed by atoms with Crippen LogP contribution in [0, 0.1) is 0 Å². The van der Waals surface area contributed by atoms with Gasteiger partial charge in [-0.25, -0.2) is 9.78 Å². The van der Waals surface area contributed by atoms with Gasteiger partial charge in [-0.2, -0.15) is 0 Å². The number of aryl methyl sites for hydroxylation is 1. The van der Waals surface area contributed by atoms with Crippen LogP contribution >= 0.6 is 11.6 Å². The minimum atomic E-state index is -0.496. The molecule has 7 nitrogen and oxygen atoms in total. The van der Waals surface area contributed by atoms with E-state index in [9.17, 15) is 14.4 Å². The molecule has 0 saturated carbocycles. The number of aromatic nitrogens is 3. The van der Waals surface area contributed by atoms with Gasteiger partial charge < -0.3 is 5.32 Å². The zero-order valence-corrected chi connectivity index (χ0v) is 15.9. The lowest BCUT2D eigenvalue weighted by Crippen LogP contribution is -2.38. The zero-order valence-electron chi connectivity index (χ0n) is 15.2. The van der Waals surface area contributed by atoms with E-state index in [0.29, 0.717) is 11.4 Å². The van der Waals surface area contributed by atoms with E-state index < -0.39 is 11.2 Å². The molecule has 3 aromatic rings. The number of nitrogens with one attached hydrogen (secondary N) is 1. The number of carbonyl (C=O) groups is 1. The van der Waals surface area contributed by atoms with Gasteiger partial charge in [-0.15, -0.1) is 0 Å². The Morgan fingerprint density at radius 2 is 1.85 bits per heavy atom. The topological polar surface area (TPSA) is 86.0 Å². The van der Waals surface area contributed by atoms with Gasteiger partial charge in [-0.1, -0.05) is 29.8 Å². The third-order valence-corrected chi connectivity index (χ3v) is 4.76. The predicted octanol–water partition coefficient (Wildman–Crippen LogP) is 1.65. The van der Waals surface area contributed by atoms with Gasteiger partial charge in [0.1, 0.15) is 11.3 Å². The van der Waals surface area contributed by atoms with Crippen molar-refractivity contribution in [3.8, 4) is 0 Å². The number of rotatable bonds is 4. The number of carbonyl (C=O) groups excluding carboxylic acids is 1. The molecule has 3 rings (SSSR count). The van der Waals surface area contributed by atoms with Crippen LogP contribution in [0.4, 0.5) is 0 Å². The molecule has 0 saturated heterocycles. The van der Waals surface area contributed by atoms with Crippen molar-refractivity contribution in [2.24, 2.45) is 14.1 Å². The first-order valence-electron chi connectivity index (χ1n) is 8.40. The highest BCUT2D eigenvalue weighted by atomic mass is 35.5. The van der Waals surface area contributed by atoms with Gasteiger partial charge in [0.25, 0.3) is 11.5 Å². The largest absolute Gasteiger partial charge is 0.348 e. The summed E-state index contributed by atoms with van der Waals surface area (Å²) < 4.78 is 2.26. The van der Waals surface area contributed by atoms with E-state index in [4.69, 9.17) is 11.6 Å². The molecule has 1 unspecified atom stereocenters. The van der Waals surface area contributed by atoms with E-state index in [0.717, 1.165) is 10.1 Å². The number of nitrogens with zero attached hydrogens (tertiary/aromatic N) is 3. The lowest BCUT2D eigenvalue weighted by molar-refractivity contribution is 0.0935. The summed E-state index contributed by atoms with van der Waals surface area (Å²) in [6.07, 6.45) is 0.567. The summed E-state index contributed by atoms with van der Waals surface area (Å²) >= 11 is 6.16. The normalized spacial score (nSPS) is 12.1. The Balaban J connectivity index is 1.87. The second-order valence-electron chi connectivity index (χ2n) is 6.44. The van der Waals surface area contributed by atoms with E-state index >= 15 is 0 Å². The minimum Gasteiger partial charge on any atom is -0.348 e. The average molecular weight is 387 g/mol. The van der Waals surface area contributed by atoms with E-state index in [1.54, 1.807) is 6.07 Å². The molecule has 1 atom stereocenters. The Bertz CT molecular complexity index is 1150. The van der Waals surface area contributed by atoms with Gasteiger partial charge >= 0.3 is 5.69 Å². The molecule has 0 bridgehead atoms. The second-order valence-corrected chi connectivity index (χ2v) is 6.85. The Morgan fingerprint density at radius 3 is 2.56 bits per heavy atom. The van der Waals surface area contributed by atoms with Crippen molar-refractivity contribution >= 4 is 28.5 Å². The summed E-state index contributed by atoms with van der Waals surface area (Å²) in [4.78, 5) is 41.0. The van der Waals surface area contributed by atoms with Crippen LogP contribution in [0.25, 0.3) is 11.0 Å². The van der Waals surface area contributed by atoms with E-state index in [1.165, 1.54) is 30.8 Å². The van der Waals surface area contributed by atoms with Crippen molar-refractivity contribution in [2.75, 3.05) is 0 Å². The fourth-order valence-electron chi connectivity index (χ4n) is 2.92. The van der Waals surface area contributed by atoms with Crippen LogP contribution < -0.4 is 16.6 Å². The maximum absolute atomic E-state index is 12.5. The van der Waals surface area contributed by atoms with Crippen LogP contribution in [0.5, 0.6) is 0 Å². The van der Waals surface area contributed by atoms with Gasteiger partial charge in [-0.3, -0.25) is 18.7 Å². The standard InChI is InChI=1S/C19H19ClN4O3/c1-11(10-12-6-4-5-7-14(12)20)21-17(25)15-9-8-13-16(22-15)23(2)19(27)24(3)18(13)26/h4-9,11H,10H2,1-3H3,(H,21,25). The third kappa shape index (κ3) is 3.64. The molecule has 0 aliphatic rings. The number of amides is 1. The highest BCUT2D eigenvalue weighted by Crippen LogP contribution is 2.16. The molecule has 2 heterocycles. The molecule has 8 heteroatoms. The fourth-order valence-corrected chi connectivity index (χ4v) is 3.14. The third-order valence-electron chi connectivity index (χ3n) is 4.40. The smallest absolute Gasteiger partial charge is 0.332 e. The molecular weight excluding hydrogens is 368 g/mol. The second kappa shape index (κ2) is 7.36.